The van der Waals surface area contributed by atoms with Gasteiger partial charge in [0.15, 0.2) is 0 Å². The molecule has 1 unspecified atom stereocenters. The molecule has 0 bridgehead atoms. The molecule has 2 heterocycles. The van der Waals surface area contributed by atoms with Crippen LogP contribution in [0.15, 0.2) is 0 Å². The van der Waals surface area contributed by atoms with E-state index in [4.69, 9.17) is 9.97 Å². The van der Waals surface area contributed by atoms with Crippen molar-refractivity contribution >= 4 is 23.4 Å². The van der Waals surface area contributed by atoms with Crippen LogP contribution in [0.25, 0.3) is 0 Å². The van der Waals surface area contributed by atoms with Gasteiger partial charge in [0.1, 0.15) is 17.5 Å². The average molecular weight is 278 g/mol. The van der Waals surface area contributed by atoms with Gasteiger partial charge in [0, 0.05) is 29.8 Å². The number of hydrogen-bond donors (Lipinski definition) is 2. The predicted molar refractivity (Wildman–Crippen MR) is 82.3 cm³/mol. The van der Waals surface area contributed by atoms with Gasteiger partial charge in [-0.2, -0.15) is 11.8 Å². The molecule has 5 heteroatoms. The fourth-order valence-electron chi connectivity index (χ4n) is 2.38. The summed E-state index contributed by atoms with van der Waals surface area (Å²) in [6.45, 7) is 5.12. The molecule has 1 aromatic heterocycles. The van der Waals surface area contributed by atoms with Gasteiger partial charge in [0.2, 0.25) is 0 Å². The molecule has 104 valence electrons. The number of anilines is 2. The predicted octanol–water partition coefficient (Wildman–Crippen LogP) is 3.01. The summed E-state index contributed by atoms with van der Waals surface area (Å²) < 4.78 is 0. The van der Waals surface area contributed by atoms with E-state index in [1.807, 2.05) is 11.8 Å². The van der Waals surface area contributed by atoms with Crippen molar-refractivity contribution in [2.75, 3.05) is 28.7 Å². The number of aromatic nitrogens is 2. The first-order valence-corrected chi connectivity index (χ1v) is 8.40. The van der Waals surface area contributed by atoms with Crippen molar-refractivity contribution in [3.8, 4) is 0 Å². The topological polar surface area (TPSA) is 49.8 Å². The van der Waals surface area contributed by atoms with Crippen molar-refractivity contribution in [3.63, 3.8) is 0 Å². The minimum absolute atomic E-state index is 0.570. The SMILES string of the molecule is CCNc1nc(C2CC2)nc(NC2CCSC2)c1C. The lowest BCUT2D eigenvalue weighted by Crippen LogP contribution is -2.21. The van der Waals surface area contributed by atoms with Crippen molar-refractivity contribution in [2.24, 2.45) is 0 Å². The van der Waals surface area contributed by atoms with E-state index in [-0.39, 0.29) is 0 Å². The highest BCUT2D eigenvalue weighted by Gasteiger charge is 2.28. The quantitative estimate of drug-likeness (QED) is 0.867. The van der Waals surface area contributed by atoms with E-state index in [9.17, 15) is 0 Å². The van der Waals surface area contributed by atoms with Gasteiger partial charge in [-0.1, -0.05) is 0 Å². The Morgan fingerprint density at radius 1 is 1.21 bits per heavy atom. The molecule has 1 aliphatic heterocycles. The molecule has 2 N–H and O–H groups in total. The van der Waals surface area contributed by atoms with E-state index in [2.05, 4.69) is 24.5 Å². The van der Waals surface area contributed by atoms with Crippen molar-refractivity contribution in [2.45, 2.75) is 45.1 Å². The Balaban J connectivity index is 1.86. The van der Waals surface area contributed by atoms with E-state index < -0.39 is 0 Å². The van der Waals surface area contributed by atoms with Crippen LogP contribution >= 0.6 is 11.8 Å². The summed E-state index contributed by atoms with van der Waals surface area (Å²) in [6.07, 6.45) is 3.73. The van der Waals surface area contributed by atoms with Crippen LogP contribution in [-0.2, 0) is 0 Å². The Hall–Kier alpha value is -0.970. The Labute approximate surface area is 119 Å². The zero-order valence-electron chi connectivity index (χ0n) is 11.7. The molecule has 1 aliphatic carbocycles. The van der Waals surface area contributed by atoms with Gasteiger partial charge in [0.25, 0.3) is 0 Å². The number of thioether (sulfide) groups is 1. The monoisotopic (exact) mass is 278 g/mol. The maximum Gasteiger partial charge on any atom is 0.136 e. The fraction of sp³-hybridized carbons (Fsp3) is 0.714. The summed E-state index contributed by atoms with van der Waals surface area (Å²) in [5.74, 6) is 6.12. The molecule has 1 aromatic rings. The van der Waals surface area contributed by atoms with Crippen LogP contribution in [-0.4, -0.2) is 34.1 Å². The van der Waals surface area contributed by atoms with E-state index in [1.54, 1.807) is 0 Å². The van der Waals surface area contributed by atoms with Crippen LogP contribution in [0.2, 0.25) is 0 Å². The number of rotatable bonds is 5. The van der Waals surface area contributed by atoms with Crippen LogP contribution < -0.4 is 10.6 Å². The zero-order chi connectivity index (χ0) is 13.2. The Morgan fingerprint density at radius 2 is 2.00 bits per heavy atom. The van der Waals surface area contributed by atoms with Gasteiger partial charge in [-0.25, -0.2) is 9.97 Å². The molecule has 3 rings (SSSR count). The molecular weight excluding hydrogens is 256 g/mol. The molecule has 4 nitrogen and oxygen atoms in total. The molecular formula is C14H22N4S. The highest BCUT2D eigenvalue weighted by atomic mass is 32.2. The molecule has 1 saturated heterocycles. The van der Waals surface area contributed by atoms with Crippen molar-refractivity contribution in [1.82, 2.24) is 9.97 Å². The first-order chi connectivity index (χ1) is 9.28. The Morgan fingerprint density at radius 3 is 2.63 bits per heavy atom. The summed E-state index contributed by atoms with van der Waals surface area (Å²) in [7, 11) is 0. The number of nitrogens with zero attached hydrogens (tertiary/aromatic N) is 2. The number of nitrogens with one attached hydrogen (secondary N) is 2. The third kappa shape index (κ3) is 2.96. The van der Waals surface area contributed by atoms with Crippen LogP contribution in [0.4, 0.5) is 11.6 Å². The maximum absolute atomic E-state index is 4.77. The average Bonchev–Trinajstić information content (AvgIpc) is 3.13. The normalized spacial score (nSPS) is 22.5. The second-order valence-corrected chi connectivity index (χ2v) is 6.56. The van der Waals surface area contributed by atoms with Gasteiger partial charge in [-0.05, 0) is 38.9 Å². The zero-order valence-corrected chi connectivity index (χ0v) is 12.5. The van der Waals surface area contributed by atoms with E-state index in [0.717, 1.165) is 29.6 Å². The standard InChI is InChI=1S/C14H22N4S/c1-3-15-12-9(2)13(16-11-6-7-19-8-11)18-14(17-12)10-4-5-10/h10-11H,3-8H2,1-2H3,(H2,15,16,17,18). The fourth-order valence-corrected chi connectivity index (χ4v) is 3.53. The van der Waals surface area contributed by atoms with Crippen LogP contribution in [0.1, 0.15) is 43.5 Å². The summed E-state index contributed by atoms with van der Waals surface area (Å²) in [5, 5.41) is 6.99. The minimum atomic E-state index is 0.570. The lowest BCUT2D eigenvalue weighted by Gasteiger charge is -2.17. The van der Waals surface area contributed by atoms with E-state index >= 15 is 0 Å². The maximum atomic E-state index is 4.77. The smallest absolute Gasteiger partial charge is 0.136 e. The van der Waals surface area contributed by atoms with Crippen LogP contribution in [0.5, 0.6) is 0 Å². The van der Waals surface area contributed by atoms with Crippen molar-refractivity contribution < 1.29 is 0 Å². The van der Waals surface area contributed by atoms with Crippen molar-refractivity contribution in [3.05, 3.63) is 11.4 Å². The summed E-state index contributed by atoms with van der Waals surface area (Å²) >= 11 is 2.02. The van der Waals surface area contributed by atoms with E-state index in [0.29, 0.717) is 12.0 Å². The molecule has 1 saturated carbocycles. The summed E-state index contributed by atoms with van der Waals surface area (Å²) in [4.78, 5) is 9.46. The third-order valence-corrected chi connectivity index (χ3v) is 4.88. The van der Waals surface area contributed by atoms with E-state index in [1.165, 1.54) is 30.8 Å². The molecule has 0 radical (unpaired) electrons. The molecule has 0 spiro atoms. The Bertz CT molecular complexity index is 453. The van der Waals surface area contributed by atoms with Gasteiger partial charge in [-0.15, -0.1) is 0 Å². The van der Waals surface area contributed by atoms with Gasteiger partial charge < -0.3 is 10.6 Å². The molecule has 0 amide bonds. The van der Waals surface area contributed by atoms with Gasteiger partial charge >= 0.3 is 0 Å². The van der Waals surface area contributed by atoms with Crippen molar-refractivity contribution in [1.29, 1.82) is 0 Å². The Kier molecular flexibility index (Phi) is 3.82. The second-order valence-electron chi connectivity index (χ2n) is 5.41. The third-order valence-electron chi connectivity index (χ3n) is 3.72. The van der Waals surface area contributed by atoms with Crippen LogP contribution in [0, 0.1) is 6.92 Å². The largest absolute Gasteiger partial charge is 0.370 e. The first kappa shape index (κ1) is 13.0. The second kappa shape index (κ2) is 5.57. The lowest BCUT2D eigenvalue weighted by molar-refractivity contribution is 0.796. The first-order valence-electron chi connectivity index (χ1n) is 7.24. The highest BCUT2D eigenvalue weighted by molar-refractivity contribution is 7.99. The van der Waals surface area contributed by atoms with Crippen LogP contribution in [0.3, 0.4) is 0 Å². The van der Waals surface area contributed by atoms with Gasteiger partial charge in [0.05, 0.1) is 0 Å². The molecule has 2 aliphatic rings. The highest BCUT2D eigenvalue weighted by Crippen LogP contribution is 2.39. The molecule has 2 fully saturated rings. The molecule has 19 heavy (non-hydrogen) atoms. The van der Waals surface area contributed by atoms with Gasteiger partial charge in [-0.3, -0.25) is 0 Å². The summed E-state index contributed by atoms with van der Waals surface area (Å²) in [5.41, 5.74) is 1.16. The minimum Gasteiger partial charge on any atom is -0.370 e. The molecule has 1 atom stereocenters. The number of hydrogen-bond acceptors (Lipinski definition) is 5. The summed E-state index contributed by atoms with van der Waals surface area (Å²) in [6, 6.07) is 0.570. The lowest BCUT2D eigenvalue weighted by atomic mass is 10.2. The molecule has 0 aromatic carbocycles.